The Morgan fingerprint density at radius 1 is 0.889 bits per heavy atom. The highest BCUT2D eigenvalue weighted by atomic mass is 19.4. The zero-order chi connectivity index (χ0) is 28.3. The molecule has 14 heteroatoms. The Morgan fingerprint density at radius 2 is 1.42 bits per heavy atom. The third-order valence-electron chi connectivity index (χ3n) is 4.41. The Hall–Kier alpha value is -1.80. The van der Waals surface area contributed by atoms with Gasteiger partial charge in [0.25, 0.3) is 6.23 Å². The Kier molecular flexibility index (Phi) is 14.7. The van der Waals surface area contributed by atoms with Crippen LogP contribution in [0.4, 0.5) is 31.1 Å². The molecule has 2 fully saturated rings. The monoisotopic (exact) mass is 538 g/mol. The van der Waals surface area contributed by atoms with E-state index >= 15 is 0 Å². The van der Waals surface area contributed by atoms with E-state index in [0.717, 1.165) is 18.9 Å². The van der Waals surface area contributed by atoms with Crippen LogP contribution in [0.1, 0.15) is 41.5 Å². The van der Waals surface area contributed by atoms with Crippen LogP contribution in [0.2, 0.25) is 0 Å². The van der Waals surface area contributed by atoms with Crippen molar-refractivity contribution < 1.29 is 45.4 Å². The average Bonchev–Trinajstić information content (AvgIpc) is 2.75. The van der Waals surface area contributed by atoms with Gasteiger partial charge in [-0.1, -0.05) is 41.5 Å². The fourth-order valence-corrected chi connectivity index (χ4v) is 2.96. The summed E-state index contributed by atoms with van der Waals surface area (Å²) in [6.45, 7) is 11.1. The molecule has 2 saturated heterocycles. The molecule has 0 unspecified atom stereocenters. The molecule has 0 aliphatic carbocycles. The van der Waals surface area contributed by atoms with Crippen LogP contribution in [-0.2, 0) is 14.3 Å². The average molecular weight is 539 g/mol. The molecule has 0 aromatic carbocycles. The molecular formula is C22H40F6N4O4. The number of rotatable bonds is 3. The van der Waals surface area contributed by atoms with Crippen LogP contribution in [0.3, 0.4) is 0 Å². The van der Waals surface area contributed by atoms with Crippen LogP contribution >= 0.6 is 0 Å². The van der Waals surface area contributed by atoms with E-state index in [0.29, 0.717) is 9.80 Å². The zero-order valence-corrected chi connectivity index (χ0v) is 21.9. The van der Waals surface area contributed by atoms with Crippen molar-refractivity contribution in [2.75, 3.05) is 46.4 Å². The van der Waals surface area contributed by atoms with Crippen LogP contribution in [0.25, 0.3) is 0 Å². The Labute approximate surface area is 209 Å². The Bertz CT molecular complexity index is 650. The molecule has 0 bridgehead atoms. The summed E-state index contributed by atoms with van der Waals surface area (Å²) in [5, 5.41) is 4.71. The maximum atomic E-state index is 13.3. The number of nitrogens with one attached hydrogen (secondary N) is 2. The summed E-state index contributed by atoms with van der Waals surface area (Å²) < 4.78 is 87.7. The number of piperazine rings is 2. The smallest absolute Gasteiger partial charge is 0.411 e. The third kappa shape index (κ3) is 12.9. The highest BCUT2D eigenvalue weighted by Gasteiger charge is 2.50. The first kappa shape index (κ1) is 34.2. The van der Waals surface area contributed by atoms with Crippen LogP contribution in [-0.4, -0.2) is 98.9 Å². The van der Waals surface area contributed by atoms with E-state index < -0.39 is 55.8 Å². The van der Waals surface area contributed by atoms with Gasteiger partial charge in [-0.2, -0.15) is 26.3 Å². The highest BCUT2D eigenvalue weighted by Crippen LogP contribution is 2.28. The molecule has 2 aliphatic rings. The van der Waals surface area contributed by atoms with Crippen molar-refractivity contribution >= 4 is 12.1 Å². The first-order valence-corrected chi connectivity index (χ1v) is 11.8. The zero-order valence-electron chi connectivity index (χ0n) is 21.9. The SMILES string of the molecule is CC(C)C.CC(C)C.COC(=O)[C@@H](OC(=O)N1CCN[C@@H](C(F)(F)F)C1)N1CCNC[C@@H]1C(F)(F)F. The minimum absolute atomic E-state index is 0.0847. The fourth-order valence-electron chi connectivity index (χ4n) is 2.96. The maximum absolute atomic E-state index is 13.3. The Morgan fingerprint density at radius 3 is 1.86 bits per heavy atom. The van der Waals surface area contributed by atoms with Gasteiger partial charge in [-0.25, -0.2) is 14.5 Å². The van der Waals surface area contributed by atoms with Crippen molar-refractivity contribution in [1.82, 2.24) is 20.4 Å². The number of esters is 1. The summed E-state index contributed by atoms with van der Waals surface area (Å²) in [7, 11) is 0.901. The number of carbonyl (C=O) groups excluding carboxylic acids is 2. The lowest BCUT2D eigenvalue weighted by molar-refractivity contribution is -0.216. The summed E-state index contributed by atoms with van der Waals surface area (Å²) in [5.74, 6) is 0.409. The van der Waals surface area contributed by atoms with Gasteiger partial charge in [0.2, 0.25) is 0 Å². The molecular weight excluding hydrogens is 498 g/mol. The second-order valence-electron chi connectivity index (χ2n) is 9.72. The van der Waals surface area contributed by atoms with Crippen molar-refractivity contribution in [2.24, 2.45) is 11.8 Å². The van der Waals surface area contributed by atoms with Gasteiger partial charge in [-0.3, -0.25) is 0 Å². The molecule has 0 radical (unpaired) electrons. The lowest BCUT2D eigenvalue weighted by Crippen LogP contribution is -2.64. The van der Waals surface area contributed by atoms with Gasteiger partial charge in [0.05, 0.1) is 7.11 Å². The molecule has 2 aliphatic heterocycles. The van der Waals surface area contributed by atoms with Crippen molar-refractivity contribution in [2.45, 2.75) is 72.2 Å². The van der Waals surface area contributed by atoms with Gasteiger partial charge in [-0.15, -0.1) is 0 Å². The lowest BCUT2D eigenvalue weighted by atomic mass is 10.1. The lowest BCUT2D eigenvalue weighted by Gasteiger charge is -2.41. The fraction of sp³-hybridized carbons (Fsp3) is 0.909. The molecule has 0 aromatic heterocycles. The third-order valence-corrected chi connectivity index (χ3v) is 4.41. The molecule has 2 rings (SSSR count). The van der Waals surface area contributed by atoms with Gasteiger partial charge in [0.15, 0.2) is 0 Å². The maximum Gasteiger partial charge on any atom is 0.411 e. The molecule has 36 heavy (non-hydrogen) atoms. The molecule has 0 saturated carbocycles. The quantitative estimate of drug-likeness (QED) is 0.420. The number of methoxy groups -OCH3 is 1. The van der Waals surface area contributed by atoms with E-state index in [2.05, 4.69) is 56.9 Å². The van der Waals surface area contributed by atoms with Gasteiger partial charge < -0.3 is 25.0 Å². The van der Waals surface area contributed by atoms with Crippen LogP contribution in [0.15, 0.2) is 0 Å². The molecule has 2 heterocycles. The first-order chi connectivity index (χ1) is 16.4. The van der Waals surface area contributed by atoms with E-state index in [4.69, 9.17) is 4.74 Å². The van der Waals surface area contributed by atoms with E-state index in [1.165, 1.54) is 0 Å². The van der Waals surface area contributed by atoms with Gasteiger partial charge in [0, 0.05) is 39.3 Å². The predicted molar refractivity (Wildman–Crippen MR) is 122 cm³/mol. The van der Waals surface area contributed by atoms with E-state index in [1.807, 2.05) is 0 Å². The first-order valence-electron chi connectivity index (χ1n) is 11.8. The second-order valence-corrected chi connectivity index (χ2v) is 9.72. The van der Waals surface area contributed by atoms with Crippen molar-refractivity contribution in [3.8, 4) is 0 Å². The number of hydrogen-bond donors (Lipinski definition) is 2. The summed E-state index contributed by atoms with van der Waals surface area (Å²) in [6.07, 6.45) is -12.7. The minimum atomic E-state index is -4.73. The van der Waals surface area contributed by atoms with Gasteiger partial charge >= 0.3 is 24.4 Å². The number of hydrogen-bond acceptors (Lipinski definition) is 7. The minimum Gasteiger partial charge on any atom is -0.465 e. The van der Waals surface area contributed by atoms with E-state index in [-0.39, 0.29) is 26.2 Å². The van der Waals surface area contributed by atoms with Gasteiger partial charge in [0.1, 0.15) is 12.1 Å². The van der Waals surface area contributed by atoms with Crippen molar-refractivity contribution in [1.29, 1.82) is 0 Å². The molecule has 2 N–H and O–H groups in total. The summed E-state index contributed by atoms with van der Waals surface area (Å²) in [5.41, 5.74) is 0. The number of ether oxygens (including phenoxy) is 2. The molecule has 214 valence electrons. The van der Waals surface area contributed by atoms with Crippen molar-refractivity contribution in [3.05, 3.63) is 0 Å². The predicted octanol–water partition coefficient (Wildman–Crippen LogP) is 3.62. The summed E-state index contributed by atoms with van der Waals surface area (Å²) >= 11 is 0. The molecule has 8 nitrogen and oxygen atoms in total. The second kappa shape index (κ2) is 15.5. The molecule has 0 aromatic rings. The number of carbonyl (C=O) groups is 2. The normalized spacial score (nSPS) is 22.1. The van der Waals surface area contributed by atoms with Crippen LogP contribution < -0.4 is 10.6 Å². The van der Waals surface area contributed by atoms with E-state index in [1.54, 1.807) is 0 Å². The Balaban J connectivity index is 0.00000133. The topological polar surface area (TPSA) is 83.1 Å². The summed E-state index contributed by atoms with van der Waals surface area (Å²) in [6, 6.07) is -4.14. The van der Waals surface area contributed by atoms with Crippen LogP contribution in [0.5, 0.6) is 0 Å². The number of nitrogens with zero attached hydrogens (tertiary/aromatic N) is 2. The molecule has 3 atom stereocenters. The molecule has 1 amide bonds. The summed E-state index contributed by atoms with van der Waals surface area (Å²) in [4.78, 5) is 25.6. The number of halogens is 6. The standard InChI is InChI=1S/C14H20F6N4O4.2C4H10/c1-27-11(25)10(24-5-2-21-6-9(24)14(18,19)20)28-12(26)23-4-3-22-8(7-23)13(15,16)17;2*1-4(2)3/h8-10,21-22H,2-7H2,1H3;2*4H,1-3H3/t8-,9-,10-;;/m1../s1. The van der Waals surface area contributed by atoms with Crippen LogP contribution in [0, 0.1) is 11.8 Å². The number of amides is 1. The highest BCUT2D eigenvalue weighted by molar-refractivity contribution is 5.78. The van der Waals surface area contributed by atoms with E-state index in [9.17, 15) is 35.9 Å². The van der Waals surface area contributed by atoms with Crippen molar-refractivity contribution in [3.63, 3.8) is 0 Å². The largest absolute Gasteiger partial charge is 0.465 e. The number of alkyl halides is 6. The molecule has 0 spiro atoms. The van der Waals surface area contributed by atoms with Gasteiger partial charge in [-0.05, 0) is 11.8 Å².